The molecule has 0 unspecified atom stereocenters. The second-order valence-corrected chi connectivity index (χ2v) is 4.30. The first kappa shape index (κ1) is 13.0. The fourth-order valence-corrected chi connectivity index (χ4v) is 1.56. The van der Waals surface area contributed by atoms with E-state index in [0.717, 1.165) is 17.4 Å². The second kappa shape index (κ2) is 6.53. The lowest BCUT2D eigenvalue weighted by Crippen LogP contribution is -2.34. The largest absolute Gasteiger partial charge is 0.370 e. The predicted octanol–water partition coefficient (Wildman–Crippen LogP) is 2.39. The molecule has 0 fully saturated rings. The van der Waals surface area contributed by atoms with Crippen molar-refractivity contribution in [1.82, 2.24) is 0 Å². The normalized spacial score (nSPS) is 11.6. The highest BCUT2D eigenvalue weighted by molar-refractivity contribution is 9.09. The van der Waals surface area contributed by atoms with Crippen LogP contribution >= 0.6 is 15.9 Å². The van der Waals surface area contributed by atoms with Crippen molar-refractivity contribution in [3.63, 3.8) is 0 Å². The molecule has 0 radical (unpaired) electrons. The van der Waals surface area contributed by atoms with E-state index in [1.54, 1.807) is 0 Å². The number of anilines is 1. The van der Waals surface area contributed by atoms with Crippen LogP contribution in [0.15, 0.2) is 29.3 Å². The minimum Gasteiger partial charge on any atom is -0.370 e. The van der Waals surface area contributed by atoms with Crippen LogP contribution in [0.1, 0.15) is 12.5 Å². The Bertz CT molecular complexity index is 363. The summed E-state index contributed by atoms with van der Waals surface area (Å²) in [5.74, 6) is 0.549. The van der Waals surface area contributed by atoms with Gasteiger partial charge in [0.05, 0.1) is 6.54 Å². The highest BCUT2D eigenvalue weighted by atomic mass is 79.9. The molecule has 3 nitrogen and oxygen atoms in total. The Morgan fingerprint density at radius 3 is 2.88 bits per heavy atom. The van der Waals surface area contributed by atoms with Crippen molar-refractivity contribution >= 4 is 27.6 Å². The SMILES string of the molecule is CCc1cccc(N(C)C(N)=NCCBr)c1. The second-order valence-electron chi connectivity index (χ2n) is 3.51. The van der Waals surface area contributed by atoms with Gasteiger partial charge in [-0.1, -0.05) is 35.0 Å². The van der Waals surface area contributed by atoms with Crippen LogP contribution in [-0.2, 0) is 6.42 Å². The van der Waals surface area contributed by atoms with Gasteiger partial charge in [0.15, 0.2) is 5.96 Å². The van der Waals surface area contributed by atoms with Gasteiger partial charge in [-0.25, -0.2) is 0 Å². The molecule has 0 atom stereocenters. The van der Waals surface area contributed by atoms with Crippen LogP contribution in [0.4, 0.5) is 5.69 Å². The summed E-state index contributed by atoms with van der Waals surface area (Å²) in [5, 5.41) is 0.830. The topological polar surface area (TPSA) is 41.6 Å². The number of nitrogens with zero attached hydrogens (tertiary/aromatic N) is 2. The lowest BCUT2D eigenvalue weighted by atomic mass is 10.1. The number of halogens is 1. The summed E-state index contributed by atoms with van der Waals surface area (Å²) < 4.78 is 0. The van der Waals surface area contributed by atoms with Crippen molar-refractivity contribution in [3.05, 3.63) is 29.8 Å². The van der Waals surface area contributed by atoms with E-state index < -0.39 is 0 Å². The number of aliphatic imine (C=N–C) groups is 1. The summed E-state index contributed by atoms with van der Waals surface area (Å²) in [4.78, 5) is 6.15. The third-order valence-corrected chi connectivity index (χ3v) is 2.76. The van der Waals surface area contributed by atoms with Crippen LogP contribution in [-0.4, -0.2) is 24.9 Å². The fourth-order valence-electron chi connectivity index (χ4n) is 1.38. The molecule has 4 heteroatoms. The van der Waals surface area contributed by atoms with Gasteiger partial charge in [-0.15, -0.1) is 0 Å². The molecule has 0 aliphatic carbocycles. The van der Waals surface area contributed by atoms with Gasteiger partial charge in [0.1, 0.15) is 0 Å². The van der Waals surface area contributed by atoms with Gasteiger partial charge in [0.2, 0.25) is 0 Å². The molecular weight excluding hydrogens is 266 g/mol. The van der Waals surface area contributed by atoms with E-state index in [9.17, 15) is 0 Å². The minimum absolute atomic E-state index is 0.549. The molecule has 0 aromatic heterocycles. The molecule has 0 saturated heterocycles. The van der Waals surface area contributed by atoms with Gasteiger partial charge in [-0.05, 0) is 24.1 Å². The van der Waals surface area contributed by atoms with Gasteiger partial charge in [0, 0.05) is 18.1 Å². The summed E-state index contributed by atoms with van der Waals surface area (Å²) in [7, 11) is 1.93. The van der Waals surface area contributed by atoms with Crippen LogP contribution in [0.25, 0.3) is 0 Å². The average molecular weight is 284 g/mol. The lowest BCUT2D eigenvalue weighted by Gasteiger charge is -2.18. The molecule has 0 saturated carbocycles. The molecule has 2 N–H and O–H groups in total. The van der Waals surface area contributed by atoms with Crippen molar-refractivity contribution in [3.8, 4) is 0 Å². The first-order valence-corrected chi connectivity index (χ1v) is 6.49. The minimum atomic E-state index is 0.549. The van der Waals surface area contributed by atoms with E-state index in [1.165, 1.54) is 5.56 Å². The van der Waals surface area contributed by atoms with Crippen molar-refractivity contribution in [2.75, 3.05) is 23.8 Å². The Labute approximate surface area is 105 Å². The van der Waals surface area contributed by atoms with E-state index in [-0.39, 0.29) is 0 Å². The smallest absolute Gasteiger partial charge is 0.195 e. The Morgan fingerprint density at radius 2 is 2.25 bits per heavy atom. The number of benzene rings is 1. The molecule has 1 aromatic rings. The summed E-state index contributed by atoms with van der Waals surface area (Å²) >= 11 is 3.32. The quantitative estimate of drug-likeness (QED) is 0.524. The number of nitrogens with two attached hydrogens (primary N) is 1. The van der Waals surface area contributed by atoms with Gasteiger partial charge < -0.3 is 10.6 Å². The number of rotatable bonds is 4. The third-order valence-electron chi connectivity index (χ3n) is 2.41. The maximum absolute atomic E-state index is 5.88. The maximum atomic E-state index is 5.88. The van der Waals surface area contributed by atoms with E-state index in [1.807, 2.05) is 24.1 Å². The molecule has 16 heavy (non-hydrogen) atoms. The zero-order valence-electron chi connectivity index (χ0n) is 9.78. The average Bonchev–Trinajstić information content (AvgIpc) is 2.35. The van der Waals surface area contributed by atoms with Crippen molar-refractivity contribution in [1.29, 1.82) is 0 Å². The number of aryl methyl sites for hydroxylation is 1. The Hall–Kier alpha value is -1.03. The van der Waals surface area contributed by atoms with E-state index >= 15 is 0 Å². The Kier molecular flexibility index (Phi) is 5.32. The number of alkyl halides is 1. The summed E-state index contributed by atoms with van der Waals surface area (Å²) in [6.07, 6.45) is 1.03. The number of guanidine groups is 1. The monoisotopic (exact) mass is 283 g/mol. The van der Waals surface area contributed by atoms with E-state index in [2.05, 4.69) is 40.0 Å². The summed E-state index contributed by atoms with van der Waals surface area (Å²) in [5.41, 5.74) is 8.26. The zero-order valence-corrected chi connectivity index (χ0v) is 11.4. The van der Waals surface area contributed by atoms with Crippen LogP contribution in [0, 0.1) is 0 Å². The molecule has 88 valence electrons. The van der Waals surface area contributed by atoms with Crippen LogP contribution in [0.5, 0.6) is 0 Å². The predicted molar refractivity (Wildman–Crippen MR) is 74.5 cm³/mol. The number of hydrogen-bond acceptors (Lipinski definition) is 1. The Morgan fingerprint density at radius 1 is 1.50 bits per heavy atom. The van der Waals surface area contributed by atoms with Crippen molar-refractivity contribution < 1.29 is 0 Å². The van der Waals surface area contributed by atoms with Gasteiger partial charge in [-0.3, -0.25) is 4.99 Å². The van der Waals surface area contributed by atoms with Gasteiger partial charge in [0.25, 0.3) is 0 Å². The summed E-state index contributed by atoms with van der Waals surface area (Å²) in [6.45, 7) is 2.84. The van der Waals surface area contributed by atoms with Crippen LogP contribution < -0.4 is 10.6 Å². The van der Waals surface area contributed by atoms with E-state index in [4.69, 9.17) is 5.73 Å². The van der Waals surface area contributed by atoms with Gasteiger partial charge >= 0.3 is 0 Å². The molecule has 1 rings (SSSR count). The van der Waals surface area contributed by atoms with Crippen molar-refractivity contribution in [2.24, 2.45) is 10.7 Å². The zero-order chi connectivity index (χ0) is 12.0. The molecule has 0 aliphatic rings. The first-order valence-electron chi connectivity index (χ1n) is 5.37. The third kappa shape index (κ3) is 3.52. The molecule has 0 spiro atoms. The van der Waals surface area contributed by atoms with Crippen LogP contribution in [0.3, 0.4) is 0 Å². The standard InChI is InChI=1S/C12H18BrN3/c1-3-10-5-4-6-11(9-10)16(2)12(14)15-8-7-13/h4-6,9H,3,7-8H2,1-2H3,(H2,14,15). The number of hydrogen-bond donors (Lipinski definition) is 1. The highest BCUT2D eigenvalue weighted by Crippen LogP contribution is 2.14. The van der Waals surface area contributed by atoms with E-state index in [0.29, 0.717) is 12.5 Å². The molecule has 0 bridgehead atoms. The summed E-state index contributed by atoms with van der Waals surface area (Å²) in [6, 6.07) is 8.33. The highest BCUT2D eigenvalue weighted by Gasteiger charge is 2.04. The fraction of sp³-hybridized carbons (Fsp3) is 0.417. The van der Waals surface area contributed by atoms with Crippen LogP contribution in [0.2, 0.25) is 0 Å². The maximum Gasteiger partial charge on any atom is 0.195 e. The van der Waals surface area contributed by atoms with Crippen molar-refractivity contribution in [2.45, 2.75) is 13.3 Å². The molecule has 0 heterocycles. The lowest BCUT2D eigenvalue weighted by molar-refractivity contribution is 1.09. The Balaban J connectivity index is 2.82. The molecule has 0 aliphatic heterocycles. The van der Waals surface area contributed by atoms with Gasteiger partial charge in [-0.2, -0.15) is 0 Å². The first-order chi connectivity index (χ1) is 7.69. The molecule has 0 amide bonds. The molecule has 1 aromatic carbocycles. The molecular formula is C12H18BrN3.